The highest BCUT2D eigenvalue weighted by atomic mass is 16.5. The Labute approximate surface area is 137 Å². The summed E-state index contributed by atoms with van der Waals surface area (Å²) < 4.78 is 5.12. The molecule has 0 fully saturated rings. The lowest BCUT2D eigenvalue weighted by atomic mass is 10.2. The van der Waals surface area contributed by atoms with Crippen LogP contribution in [0.15, 0.2) is 67.3 Å². The second-order valence-electron chi connectivity index (χ2n) is 5.25. The van der Waals surface area contributed by atoms with Gasteiger partial charge in [0.2, 0.25) is 0 Å². The standard InChI is InChI=1S/C19H22N2O2/c1-4-15(2)21(14-16-8-6-5-7-9-16)19(22)20-17-10-12-18(23-3)13-11-17/h4-13,15H,1,14H2,2-3H3,(H,20,22). The zero-order valence-electron chi connectivity index (χ0n) is 13.5. The van der Waals surface area contributed by atoms with Crippen LogP contribution in [-0.4, -0.2) is 24.1 Å². The number of benzene rings is 2. The molecule has 0 aromatic heterocycles. The lowest BCUT2D eigenvalue weighted by Crippen LogP contribution is -2.39. The van der Waals surface area contributed by atoms with Crippen molar-refractivity contribution in [3.8, 4) is 5.75 Å². The van der Waals surface area contributed by atoms with Crippen LogP contribution in [-0.2, 0) is 6.54 Å². The van der Waals surface area contributed by atoms with Crippen LogP contribution in [0.4, 0.5) is 10.5 Å². The molecule has 2 aromatic carbocycles. The molecule has 4 nitrogen and oxygen atoms in total. The second-order valence-corrected chi connectivity index (χ2v) is 5.25. The second kappa shape index (κ2) is 8.03. The number of anilines is 1. The van der Waals surface area contributed by atoms with Gasteiger partial charge in [0.15, 0.2) is 0 Å². The van der Waals surface area contributed by atoms with Gasteiger partial charge in [-0.15, -0.1) is 6.58 Å². The van der Waals surface area contributed by atoms with Crippen LogP contribution in [0.5, 0.6) is 5.75 Å². The zero-order valence-corrected chi connectivity index (χ0v) is 13.5. The first-order valence-corrected chi connectivity index (χ1v) is 7.52. The first-order valence-electron chi connectivity index (χ1n) is 7.52. The van der Waals surface area contributed by atoms with Gasteiger partial charge in [0.1, 0.15) is 5.75 Å². The minimum atomic E-state index is -0.161. The van der Waals surface area contributed by atoms with Gasteiger partial charge in [-0.05, 0) is 36.8 Å². The van der Waals surface area contributed by atoms with E-state index in [-0.39, 0.29) is 12.1 Å². The van der Waals surface area contributed by atoms with Crippen molar-refractivity contribution in [3.63, 3.8) is 0 Å². The van der Waals surface area contributed by atoms with E-state index < -0.39 is 0 Å². The summed E-state index contributed by atoms with van der Waals surface area (Å²) in [5, 5.41) is 2.91. The van der Waals surface area contributed by atoms with Crippen LogP contribution in [0, 0.1) is 0 Å². The predicted octanol–water partition coefficient (Wildman–Crippen LogP) is 4.30. The van der Waals surface area contributed by atoms with Gasteiger partial charge >= 0.3 is 6.03 Å². The number of urea groups is 1. The Hall–Kier alpha value is -2.75. The maximum absolute atomic E-state index is 12.6. The molecule has 0 saturated carbocycles. The van der Waals surface area contributed by atoms with Crippen LogP contribution in [0.25, 0.3) is 0 Å². The third kappa shape index (κ3) is 4.61. The molecule has 0 spiro atoms. The third-order valence-electron chi connectivity index (χ3n) is 3.63. The van der Waals surface area contributed by atoms with Crippen LogP contribution in [0.2, 0.25) is 0 Å². The van der Waals surface area contributed by atoms with Crippen molar-refractivity contribution in [3.05, 3.63) is 72.8 Å². The number of ether oxygens (including phenoxy) is 1. The van der Waals surface area contributed by atoms with Crippen molar-refractivity contribution >= 4 is 11.7 Å². The Kier molecular flexibility index (Phi) is 5.80. The van der Waals surface area contributed by atoms with E-state index in [4.69, 9.17) is 4.74 Å². The molecule has 0 aliphatic heterocycles. The maximum atomic E-state index is 12.6. The van der Waals surface area contributed by atoms with E-state index in [1.54, 1.807) is 18.1 Å². The molecule has 0 bridgehead atoms. The molecule has 0 aliphatic rings. The molecular formula is C19H22N2O2. The van der Waals surface area contributed by atoms with Gasteiger partial charge in [-0.1, -0.05) is 36.4 Å². The normalized spacial score (nSPS) is 11.4. The minimum Gasteiger partial charge on any atom is -0.497 e. The number of amides is 2. The molecule has 0 saturated heterocycles. The quantitative estimate of drug-likeness (QED) is 0.808. The number of rotatable bonds is 6. The molecule has 1 atom stereocenters. The van der Waals surface area contributed by atoms with Crippen molar-refractivity contribution in [1.29, 1.82) is 0 Å². The van der Waals surface area contributed by atoms with Gasteiger partial charge in [0, 0.05) is 18.3 Å². The summed E-state index contributed by atoms with van der Waals surface area (Å²) >= 11 is 0. The minimum absolute atomic E-state index is 0.0755. The zero-order chi connectivity index (χ0) is 16.7. The van der Waals surface area contributed by atoms with Crippen molar-refractivity contribution in [2.24, 2.45) is 0 Å². The largest absolute Gasteiger partial charge is 0.497 e. The fourth-order valence-corrected chi connectivity index (χ4v) is 2.18. The molecule has 0 aliphatic carbocycles. The van der Waals surface area contributed by atoms with E-state index in [0.717, 1.165) is 17.0 Å². The summed E-state index contributed by atoms with van der Waals surface area (Å²) in [7, 11) is 1.61. The monoisotopic (exact) mass is 310 g/mol. The predicted molar refractivity (Wildman–Crippen MR) is 93.7 cm³/mol. The fourth-order valence-electron chi connectivity index (χ4n) is 2.18. The average molecular weight is 310 g/mol. The maximum Gasteiger partial charge on any atom is 0.322 e. The Morgan fingerprint density at radius 2 is 1.87 bits per heavy atom. The molecule has 1 unspecified atom stereocenters. The van der Waals surface area contributed by atoms with E-state index in [2.05, 4.69) is 11.9 Å². The number of hydrogen-bond donors (Lipinski definition) is 1. The van der Waals surface area contributed by atoms with E-state index in [1.807, 2.05) is 61.5 Å². The van der Waals surface area contributed by atoms with Gasteiger partial charge in [-0.3, -0.25) is 0 Å². The summed E-state index contributed by atoms with van der Waals surface area (Å²) in [5.41, 5.74) is 1.80. The number of methoxy groups -OCH3 is 1. The molecule has 4 heteroatoms. The van der Waals surface area contributed by atoms with Crippen molar-refractivity contribution in [1.82, 2.24) is 4.90 Å². The molecule has 0 heterocycles. The van der Waals surface area contributed by atoms with Gasteiger partial charge in [-0.2, -0.15) is 0 Å². The molecular weight excluding hydrogens is 288 g/mol. The van der Waals surface area contributed by atoms with Crippen LogP contribution >= 0.6 is 0 Å². The van der Waals surface area contributed by atoms with Gasteiger partial charge in [-0.25, -0.2) is 4.79 Å². The highest BCUT2D eigenvalue weighted by Crippen LogP contribution is 2.17. The van der Waals surface area contributed by atoms with Gasteiger partial charge < -0.3 is 15.0 Å². The summed E-state index contributed by atoms with van der Waals surface area (Å²) in [6.45, 7) is 6.27. The van der Waals surface area contributed by atoms with Crippen LogP contribution in [0.3, 0.4) is 0 Å². The third-order valence-corrected chi connectivity index (χ3v) is 3.63. The van der Waals surface area contributed by atoms with E-state index in [0.29, 0.717) is 6.54 Å². The Bertz CT molecular complexity index is 638. The fraction of sp³-hybridized carbons (Fsp3) is 0.211. The highest BCUT2D eigenvalue weighted by Gasteiger charge is 2.18. The van der Waals surface area contributed by atoms with Crippen LogP contribution in [0.1, 0.15) is 12.5 Å². The molecule has 0 radical (unpaired) electrons. The highest BCUT2D eigenvalue weighted by molar-refractivity contribution is 5.89. The number of nitrogens with zero attached hydrogens (tertiary/aromatic N) is 1. The van der Waals surface area contributed by atoms with E-state index in [9.17, 15) is 4.79 Å². The van der Waals surface area contributed by atoms with E-state index in [1.165, 1.54) is 0 Å². The number of hydrogen-bond acceptors (Lipinski definition) is 2. The van der Waals surface area contributed by atoms with E-state index >= 15 is 0 Å². The number of carbonyl (C=O) groups is 1. The lowest BCUT2D eigenvalue weighted by molar-refractivity contribution is 0.200. The summed E-state index contributed by atoms with van der Waals surface area (Å²) in [6.07, 6.45) is 1.76. The van der Waals surface area contributed by atoms with Crippen molar-refractivity contribution < 1.29 is 9.53 Å². The summed E-state index contributed by atoms with van der Waals surface area (Å²) in [6, 6.07) is 16.9. The van der Waals surface area contributed by atoms with Crippen molar-refractivity contribution in [2.75, 3.05) is 12.4 Å². The molecule has 2 aromatic rings. The first-order chi connectivity index (χ1) is 11.1. The number of carbonyl (C=O) groups excluding carboxylic acids is 1. The Morgan fingerprint density at radius 1 is 1.22 bits per heavy atom. The molecule has 2 amide bonds. The van der Waals surface area contributed by atoms with Gasteiger partial charge in [0.05, 0.1) is 7.11 Å². The van der Waals surface area contributed by atoms with Gasteiger partial charge in [0.25, 0.3) is 0 Å². The SMILES string of the molecule is C=CC(C)N(Cc1ccccc1)C(=O)Nc1ccc(OC)cc1. The summed E-state index contributed by atoms with van der Waals surface area (Å²) in [4.78, 5) is 14.4. The summed E-state index contributed by atoms with van der Waals surface area (Å²) in [5.74, 6) is 0.753. The topological polar surface area (TPSA) is 41.6 Å². The number of nitrogens with one attached hydrogen (secondary N) is 1. The molecule has 1 N–H and O–H groups in total. The Balaban J connectivity index is 2.11. The molecule has 23 heavy (non-hydrogen) atoms. The molecule has 2 rings (SSSR count). The van der Waals surface area contributed by atoms with Crippen molar-refractivity contribution in [2.45, 2.75) is 19.5 Å². The average Bonchev–Trinajstić information content (AvgIpc) is 2.60. The smallest absolute Gasteiger partial charge is 0.322 e. The first kappa shape index (κ1) is 16.6. The lowest BCUT2D eigenvalue weighted by Gasteiger charge is -2.27. The molecule has 120 valence electrons. The van der Waals surface area contributed by atoms with Crippen LogP contribution < -0.4 is 10.1 Å². The Morgan fingerprint density at radius 3 is 2.43 bits per heavy atom.